The number of nitrogens with one attached hydrogen (secondary N) is 1. The molecule has 3 rings (SSSR count). The minimum Gasteiger partial charge on any atom is -0.399 e. The van der Waals surface area contributed by atoms with Crippen LogP contribution in [0.3, 0.4) is 0 Å². The smallest absolute Gasteiger partial charge is 0.228 e. The number of rotatable bonds is 4. The van der Waals surface area contributed by atoms with Gasteiger partial charge in [-0.1, -0.05) is 43.3 Å². The number of benzene rings is 2. The molecular formula is C20H24N2O. The van der Waals surface area contributed by atoms with E-state index in [1.165, 1.54) is 11.1 Å². The van der Waals surface area contributed by atoms with Gasteiger partial charge in [0.1, 0.15) is 0 Å². The maximum absolute atomic E-state index is 12.8. The number of nitrogens with two attached hydrogens (primary N) is 1. The molecule has 0 saturated carbocycles. The van der Waals surface area contributed by atoms with E-state index in [0.717, 1.165) is 36.9 Å². The molecule has 0 aromatic heterocycles. The summed E-state index contributed by atoms with van der Waals surface area (Å²) in [5, 5.41) is 3.26. The summed E-state index contributed by atoms with van der Waals surface area (Å²) in [6, 6.07) is 16.2. The molecule has 0 bridgehead atoms. The topological polar surface area (TPSA) is 55.1 Å². The third-order valence-corrected chi connectivity index (χ3v) is 4.72. The molecule has 2 atom stereocenters. The van der Waals surface area contributed by atoms with Crippen LogP contribution in [0.1, 0.15) is 54.8 Å². The minimum atomic E-state index is -0.0876. The second-order valence-corrected chi connectivity index (χ2v) is 6.28. The first-order valence-electron chi connectivity index (χ1n) is 8.42. The van der Waals surface area contributed by atoms with E-state index in [2.05, 4.69) is 18.3 Å². The van der Waals surface area contributed by atoms with E-state index in [9.17, 15) is 4.79 Å². The molecular weight excluding hydrogens is 284 g/mol. The number of carbonyl (C=O) groups is 1. The van der Waals surface area contributed by atoms with Crippen molar-refractivity contribution in [2.75, 3.05) is 5.73 Å². The molecule has 0 aliphatic heterocycles. The molecule has 2 aromatic rings. The summed E-state index contributed by atoms with van der Waals surface area (Å²) in [5.74, 6) is 0.0312. The highest BCUT2D eigenvalue weighted by molar-refractivity contribution is 5.84. The van der Waals surface area contributed by atoms with E-state index in [4.69, 9.17) is 5.73 Å². The highest BCUT2D eigenvalue weighted by atomic mass is 16.1. The molecule has 120 valence electrons. The average Bonchev–Trinajstić information content (AvgIpc) is 2.56. The standard InChI is InChI=1S/C20H24N2O/c1-2-17(14-7-4-3-5-8-14)20(23)22-19-10-6-9-15-13-16(21)11-12-18(15)19/h3-5,7-8,11-13,17,19H,2,6,9-10,21H2,1H3,(H,22,23). The van der Waals surface area contributed by atoms with Crippen molar-refractivity contribution >= 4 is 11.6 Å². The van der Waals surface area contributed by atoms with Crippen LogP contribution in [0.25, 0.3) is 0 Å². The predicted molar refractivity (Wildman–Crippen MR) is 94.2 cm³/mol. The lowest BCUT2D eigenvalue weighted by atomic mass is 9.86. The number of aryl methyl sites for hydroxylation is 1. The summed E-state index contributed by atoms with van der Waals surface area (Å²) in [6.07, 6.45) is 3.93. The van der Waals surface area contributed by atoms with E-state index in [0.29, 0.717) is 0 Å². The van der Waals surface area contributed by atoms with Crippen LogP contribution in [0.15, 0.2) is 48.5 Å². The number of hydrogen-bond acceptors (Lipinski definition) is 2. The Labute approximate surface area is 137 Å². The van der Waals surface area contributed by atoms with E-state index >= 15 is 0 Å². The van der Waals surface area contributed by atoms with Gasteiger partial charge in [0.25, 0.3) is 0 Å². The highest BCUT2D eigenvalue weighted by Gasteiger charge is 2.25. The second kappa shape index (κ2) is 6.86. The van der Waals surface area contributed by atoms with Gasteiger partial charge < -0.3 is 11.1 Å². The van der Waals surface area contributed by atoms with Crippen molar-refractivity contribution in [3.05, 3.63) is 65.2 Å². The zero-order valence-electron chi connectivity index (χ0n) is 13.6. The molecule has 2 unspecified atom stereocenters. The summed E-state index contributed by atoms with van der Waals surface area (Å²) in [5.41, 5.74) is 10.3. The second-order valence-electron chi connectivity index (χ2n) is 6.28. The number of fused-ring (bicyclic) bond motifs is 1. The van der Waals surface area contributed by atoms with Gasteiger partial charge in [-0.3, -0.25) is 4.79 Å². The van der Waals surface area contributed by atoms with Gasteiger partial charge in [0.05, 0.1) is 12.0 Å². The Morgan fingerprint density at radius 2 is 2.04 bits per heavy atom. The Bertz CT molecular complexity index is 681. The molecule has 1 amide bonds. The van der Waals surface area contributed by atoms with Crippen molar-refractivity contribution in [1.82, 2.24) is 5.32 Å². The molecule has 3 nitrogen and oxygen atoms in total. The van der Waals surface area contributed by atoms with Crippen LogP contribution in [-0.4, -0.2) is 5.91 Å². The molecule has 2 aromatic carbocycles. The number of amides is 1. The van der Waals surface area contributed by atoms with Gasteiger partial charge in [-0.2, -0.15) is 0 Å². The van der Waals surface area contributed by atoms with E-state index in [1.807, 2.05) is 42.5 Å². The lowest BCUT2D eigenvalue weighted by molar-refractivity contribution is -0.123. The lowest BCUT2D eigenvalue weighted by Crippen LogP contribution is -2.34. The van der Waals surface area contributed by atoms with Crippen molar-refractivity contribution in [3.8, 4) is 0 Å². The molecule has 0 spiro atoms. The minimum absolute atomic E-state index is 0.0876. The normalized spacial score (nSPS) is 18.0. The van der Waals surface area contributed by atoms with Crippen LogP contribution in [0.4, 0.5) is 5.69 Å². The summed E-state index contributed by atoms with van der Waals surface area (Å²) >= 11 is 0. The van der Waals surface area contributed by atoms with Gasteiger partial charge >= 0.3 is 0 Å². The predicted octanol–water partition coefficient (Wildman–Crippen LogP) is 3.96. The van der Waals surface area contributed by atoms with Gasteiger partial charge in [0.2, 0.25) is 5.91 Å². The number of nitrogen functional groups attached to an aromatic ring is 1. The molecule has 23 heavy (non-hydrogen) atoms. The van der Waals surface area contributed by atoms with Crippen LogP contribution in [-0.2, 0) is 11.2 Å². The van der Waals surface area contributed by atoms with Crippen LogP contribution in [0, 0.1) is 0 Å². The first kappa shape index (κ1) is 15.6. The molecule has 0 radical (unpaired) electrons. The lowest BCUT2D eigenvalue weighted by Gasteiger charge is -2.28. The molecule has 0 saturated heterocycles. The van der Waals surface area contributed by atoms with Crippen LogP contribution < -0.4 is 11.1 Å². The molecule has 1 aliphatic carbocycles. The molecule has 3 N–H and O–H groups in total. The average molecular weight is 308 g/mol. The largest absolute Gasteiger partial charge is 0.399 e. The quantitative estimate of drug-likeness (QED) is 0.840. The van der Waals surface area contributed by atoms with Crippen molar-refractivity contribution < 1.29 is 4.79 Å². The van der Waals surface area contributed by atoms with Crippen LogP contribution in [0.2, 0.25) is 0 Å². The number of hydrogen-bond donors (Lipinski definition) is 2. The zero-order chi connectivity index (χ0) is 16.2. The third-order valence-electron chi connectivity index (χ3n) is 4.72. The van der Waals surface area contributed by atoms with Crippen molar-refractivity contribution in [3.63, 3.8) is 0 Å². The van der Waals surface area contributed by atoms with Gasteiger partial charge in [-0.05, 0) is 54.5 Å². The zero-order valence-corrected chi connectivity index (χ0v) is 13.6. The highest BCUT2D eigenvalue weighted by Crippen LogP contribution is 2.32. The maximum Gasteiger partial charge on any atom is 0.228 e. The summed E-state index contributed by atoms with van der Waals surface area (Å²) in [6.45, 7) is 2.06. The monoisotopic (exact) mass is 308 g/mol. The van der Waals surface area contributed by atoms with Crippen LogP contribution in [0.5, 0.6) is 0 Å². The van der Waals surface area contributed by atoms with Crippen molar-refractivity contribution in [2.24, 2.45) is 0 Å². The molecule has 0 heterocycles. The molecule has 1 aliphatic rings. The van der Waals surface area contributed by atoms with Gasteiger partial charge in [-0.25, -0.2) is 0 Å². The first-order chi connectivity index (χ1) is 11.2. The Morgan fingerprint density at radius 1 is 1.26 bits per heavy atom. The van der Waals surface area contributed by atoms with Gasteiger partial charge in [0.15, 0.2) is 0 Å². The summed E-state index contributed by atoms with van der Waals surface area (Å²) < 4.78 is 0. The number of anilines is 1. The fourth-order valence-corrected chi connectivity index (χ4v) is 3.51. The maximum atomic E-state index is 12.8. The van der Waals surface area contributed by atoms with Crippen molar-refractivity contribution in [1.29, 1.82) is 0 Å². The first-order valence-corrected chi connectivity index (χ1v) is 8.42. The van der Waals surface area contributed by atoms with Gasteiger partial charge in [-0.15, -0.1) is 0 Å². The Balaban J connectivity index is 1.78. The van der Waals surface area contributed by atoms with E-state index < -0.39 is 0 Å². The van der Waals surface area contributed by atoms with Gasteiger partial charge in [0, 0.05) is 5.69 Å². The van der Waals surface area contributed by atoms with Crippen molar-refractivity contribution in [2.45, 2.75) is 44.6 Å². The number of carbonyl (C=O) groups excluding carboxylic acids is 1. The third kappa shape index (κ3) is 3.39. The fourth-order valence-electron chi connectivity index (χ4n) is 3.51. The van der Waals surface area contributed by atoms with E-state index in [-0.39, 0.29) is 17.9 Å². The van der Waals surface area contributed by atoms with Crippen LogP contribution >= 0.6 is 0 Å². The SMILES string of the molecule is CCC(C(=O)NC1CCCc2cc(N)ccc21)c1ccccc1. The Morgan fingerprint density at radius 3 is 2.78 bits per heavy atom. The molecule has 0 fully saturated rings. The Hall–Kier alpha value is -2.29. The van der Waals surface area contributed by atoms with E-state index in [1.54, 1.807) is 0 Å². The summed E-state index contributed by atoms with van der Waals surface area (Å²) in [4.78, 5) is 12.8. The summed E-state index contributed by atoms with van der Waals surface area (Å²) in [7, 11) is 0. The Kier molecular flexibility index (Phi) is 4.65. The molecule has 3 heteroatoms. The fraction of sp³-hybridized carbons (Fsp3) is 0.350.